The van der Waals surface area contributed by atoms with E-state index in [9.17, 15) is 32.3 Å². The number of nitrogens with one attached hydrogen (secondary N) is 1. The second-order valence-corrected chi connectivity index (χ2v) is 6.74. The normalized spacial score (nSPS) is 12.0. The van der Waals surface area contributed by atoms with Crippen molar-refractivity contribution in [3.8, 4) is 0 Å². The Morgan fingerprint density at radius 1 is 1.28 bits per heavy atom. The van der Waals surface area contributed by atoms with E-state index in [1.54, 1.807) is 0 Å². The Bertz CT molecular complexity index is 677. The van der Waals surface area contributed by atoms with Crippen molar-refractivity contribution < 1.29 is 32.3 Å². The van der Waals surface area contributed by atoms with Gasteiger partial charge < -0.3 is 10.4 Å². The highest BCUT2D eigenvalue weighted by molar-refractivity contribution is 7.99. The van der Waals surface area contributed by atoms with Crippen molar-refractivity contribution in [2.24, 2.45) is 0 Å². The SMILES string of the molecule is CNC(=O)N(c1cc(SCC(F)(F)F)c(C)cc1F)C(C)(C)C(=O)O. The van der Waals surface area contributed by atoms with Crippen LogP contribution in [0.25, 0.3) is 0 Å². The van der Waals surface area contributed by atoms with Gasteiger partial charge in [0.15, 0.2) is 0 Å². The van der Waals surface area contributed by atoms with Crippen LogP contribution in [0.5, 0.6) is 0 Å². The summed E-state index contributed by atoms with van der Waals surface area (Å²) in [7, 11) is 1.23. The summed E-state index contributed by atoms with van der Waals surface area (Å²) in [5.41, 5.74) is -2.00. The van der Waals surface area contributed by atoms with Crippen LogP contribution in [0.2, 0.25) is 0 Å². The number of carbonyl (C=O) groups excluding carboxylic acids is 1. The van der Waals surface area contributed by atoms with Gasteiger partial charge in [-0.3, -0.25) is 4.90 Å². The predicted molar refractivity (Wildman–Crippen MR) is 86.6 cm³/mol. The van der Waals surface area contributed by atoms with E-state index in [-0.39, 0.29) is 10.5 Å². The number of urea groups is 1. The molecule has 10 heteroatoms. The minimum Gasteiger partial charge on any atom is -0.480 e. The summed E-state index contributed by atoms with van der Waals surface area (Å²) in [5.74, 6) is -3.51. The van der Waals surface area contributed by atoms with E-state index in [1.807, 2.05) is 0 Å². The van der Waals surface area contributed by atoms with Gasteiger partial charge in [0, 0.05) is 11.9 Å². The van der Waals surface area contributed by atoms with Crippen molar-refractivity contribution in [2.75, 3.05) is 17.7 Å². The Morgan fingerprint density at radius 2 is 1.84 bits per heavy atom. The van der Waals surface area contributed by atoms with E-state index in [0.29, 0.717) is 16.7 Å². The third kappa shape index (κ3) is 5.00. The highest BCUT2D eigenvalue weighted by Crippen LogP contribution is 2.36. The number of rotatable bonds is 5. The van der Waals surface area contributed by atoms with E-state index >= 15 is 0 Å². The molecule has 25 heavy (non-hydrogen) atoms. The van der Waals surface area contributed by atoms with Crippen LogP contribution in [0.3, 0.4) is 0 Å². The number of aliphatic carboxylic acids is 1. The van der Waals surface area contributed by atoms with Crippen LogP contribution in [-0.4, -0.2) is 41.6 Å². The van der Waals surface area contributed by atoms with Crippen molar-refractivity contribution in [1.29, 1.82) is 0 Å². The molecule has 140 valence electrons. The average Bonchev–Trinajstić information content (AvgIpc) is 2.46. The third-order valence-corrected chi connectivity index (χ3v) is 4.60. The zero-order valence-corrected chi connectivity index (χ0v) is 14.8. The lowest BCUT2D eigenvalue weighted by Gasteiger charge is -2.35. The molecular formula is C15H18F4N2O3S. The summed E-state index contributed by atoms with van der Waals surface area (Å²) >= 11 is 0.435. The van der Waals surface area contributed by atoms with Crippen molar-refractivity contribution in [1.82, 2.24) is 5.32 Å². The first-order chi connectivity index (χ1) is 11.3. The van der Waals surface area contributed by atoms with Gasteiger partial charge in [-0.25, -0.2) is 14.0 Å². The topological polar surface area (TPSA) is 69.6 Å². The standard InChI is InChI=1S/C15H18F4N2O3S/c1-8-5-9(16)10(6-11(8)25-7-15(17,18)19)21(13(24)20-4)14(2,3)12(22)23/h5-6H,7H2,1-4H3,(H,20,24)(H,22,23). The Hall–Kier alpha value is -1.97. The molecular weight excluding hydrogens is 364 g/mol. The number of hydrogen-bond donors (Lipinski definition) is 2. The van der Waals surface area contributed by atoms with Gasteiger partial charge in [0.2, 0.25) is 0 Å². The first-order valence-electron chi connectivity index (χ1n) is 7.06. The lowest BCUT2D eigenvalue weighted by molar-refractivity contribution is -0.141. The summed E-state index contributed by atoms with van der Waals surface area (Å²) in [6, 6.07) is 1.13. The number of hydrogen-bond acceptors (Lipinski definition) is 3. The van der Waals surface area contributed by atoms with Gasteiger partial charge in [-0.1, -0.05) is 0 Å². The quantitative estimate of drug-likeness (QED) is 0.600. The fourth-order valence-electron chi connectivity index (χ4n) is 2.00. The van der Waals surface area contributed by atoms with E-state index < -0.39 is 41.0 Å². The maximum absolute atomic E-state index is 14.4. The molecule has 0 radical (unpaired) electrons. The van der Waals surface area contributed by atoms with Crippen molar-refractivity contribution in [3.05, 3.63) is 23.5 Å². The maximum Gasteiger partial charge on any atom is 0.398 e. The van der Waals surface area contributed by atoms with Crippen LogP contribution in [0.1, 0.15) is 19.4 Å². The van der Waals surface area contributed by atoms with Crippen molar-refractivity contribution in [3.63, 3.8) is 0 Å². The Morgan fingerprint density at radius 3 is 2.28 bits per heavy atom. The number of nitrogens with zero attached hydrogens (tertiary/aromatic N) is 1. The Balaban J connectivity index is 3.45. The van der Waals surface area contributed by atoms with E-state index in [2.05, 4.69) is 5.32 Å². The molecule has 0 aliphatic carbocycles. The molecule has 0 heterocycles. The molecule has 0 saturated carbocycles. The molecule has 1 aromatic rings. The lowest BCUT2D eigenvalue weighted by atomic mass is 10.0. The number of carbonyl (C=O) groups is 2. The molecule has 0 atom stereocenters. The van der Waals surface area contributed by atoms with Crippen LogP contribution in [0.15, 0.2) is 17.0 Å². The second kappa shape index (κ2) is 7.51. The number of alkyl halides is 3. The second-order valence-electron chi connectivity index (χ2n) is 5.73. The number of carboxylic acids is 1. The van der Waals surface area contributed by atoms with Crippen LogP contribution >= 0.6 is 11.8 Å². The minimum atomic E-state index is -4.42. The summed E-state index contributed by atoms with van der Waals surface area (Å²) in [5, 5.41) is 11.6. The van der Waals surface area contributed by atoms with Crippen LogP contribution < -0.4 is 10.2 Å². The molecule has 0 bridgehead atoms. The summed E-state index contributed by atoms with van der Waals surface area (Å²) in [6.07, 6.45) is -4.42. The average molecular weight is 382 g/mol. The fraction of sp³-hybridized carbons (Fsp3) is 0.467. The van der Waals surface area contributed by atoms with Crippen molar-refractivity contribution in [2.45, 2.75) is 37.4 Å². The van der Waals surface area contributed by atoms with Gasteiger partial charge in [0.25, 0.3) is 0 Å². The van der Waals surface area contributed by atoms with Gasteiger partial charge in [0.05, 0.1) is 11.4 Å². The van der Waals surface area contributed by atoms with Crippen molar-refractivity contribution >= 4 is 29.4 Å². The molecule has 0 saturated heterocycles. The highest BCUT2D eigenvalue weighted by atomic mass is 32.2. The van der Waals surface area contributed by atoms with Crippen LogP contribution in [-0.2, 0) is 4.79 Å². The molecule has 0 unspecified atom stereocenters. The van der Waals surface area contributed by atoms with Crippen LogP contribution in [0, 0.1) is 12.7 Å². The molecule has 1 aromatic carbocycles. The number of carboxylic acid groups (broad SMARTS) is 1. The molecule has 5 nitrogen and oxygen atoms in total. The smallest absolute Gasteiger partial charge is 0.398 e. The number of thioether (sulfide) groups is 1. The Labute approximate surface area is 146 Å². The van der Waals surface area contributed by atoms with Crippen LogP contribution in [0.4, 0.5) is 28.0 Å². The Kier molecular flexibility index (Phi) is 6.33. The number of benzene rings is 1. The molecule has 2 amide bonds. The van der Waals surface area contributed by atoms with Gasteiger partial charge in [0.1, 0.15) is 11.4 Å². The van der Waals surface area contributed by atoms with Gasteiger partial charge in [-0.05, 0) is 38.5 Å². The maximum atomic E-state index is 14.4. The molecule has 0 aliphatic heterocycles. The molecule has 0 spiro atoms. The van der Waals surface area contributed by atoms with Gasteiger partial charge in [-0.2, -0.15) is 13.2 Å². The van der Waals surface area contributed by atoms with E-state index in [4.69, 9.17) is 0 Å². The predicted octanol–water partition coefficient (Wildman–Crippen LogP) is 3.80. The zero-order chi connectivity index (χ0) is 19.6. The first kappa shape index (κ1) is 21.1. The number of aryl methyl sites for hydroxylation is 1. The molecule has 0 aromatic heterocycles. The monoisotopic (exact) mass is 382 g/mol. The summed E-state index contributed by atoms with van der Waals surface area (Å²) in [4.78, 5) is 24.4. The molecule has 1 rings (SSSR count). The molecule has 2 N–H and O–H groups in total. The van der Waals surface area contributed by atoms with Gasteiger partial charge in [-0.15, -0.1) is 11.8 Å². The minimum absolute atomic E-state index is 0.101. The van der Waals surface area contributed by atoms with Gasteiger partial charge >= 0.3 is 18.2 Å². The fourth-order valence-corrected chi connectivity index (χ4v) is 2.80. The summed E-state index contributed by atoms with van der Waals surface area (Å²) in [6.45, 7) is 3.80. The molecule has 0 aliphatic rings. The van der Waals surface area contributed by atoms with E-state index in [1.165, 1.54) is 27.8 Å². The zero-order valence-electron chi connectivity index (χ0n) is 14.0. The highest BCUT2D eigenvalue weighted by Gasteiger charge is 2.40. The number of anilines is 1. The summed E-state index contributed by atoms with van der Waals surface area (Å²) < 4.78 is 51.7. The lowest BCUT2D eigenvalue weighted by Crippen LogP contribution is -2.56. The van der Waals surface area contributed by atoms with E-state index in [0.717, 1.165) is 12.1 Å². The number of amides is 2. The molecule has 0 fully saturated rings. The first-order valence-corrected chi connectivity index (χ1v) is 8.05. The third-order valence-electron chi connectivity index (χ3n) is 3.38. The largest absolute Gasteiger partial charge is 0.480 e. The number of halogens is 4.